The molecule has 0 aromatic carbocycles. The molecule has 2 atom stereocenters. The number of amides is 1. The molecule has 1 aliphatic rings. The fourth-order valence-electron chi connectivity index (χ4n) is 2.58. The number of carboxylic acids is 1. The van der Waals surface area contributed by atoms with E-state index in [1.807, 2.05) is 13.0 Å². The molecule has 2 rings (SSSR count). The first-order chi connectivity index (χ1) is 9.01. The van der Waals surface area contributed by atoms with Gasteiger partial charge in [-0.1, -0.05) is 6.92 Å². The molecule has 1 amide bonds. The summed E-state index contributed by atoms with van der Waals surface area (Å²) < 4.78 is 0. The summed E-state index contributed by atoms with van der Waals surface area (Å²) in [6.45, 7) is 4.09. The van der Waals surface area contributed by atoms with E-state index in [-0.39, 0.29) is 17.9 Å². The second-order valence-electron chi connectivity index (χ2n) is 5.09. The van der Waals surface area contributed by atoms with Gasteiger partial charge in [-0.2, -0.15) is 0 Å². The minimum atomic E-state index is -0.753. The summed E-state index contributed by atoms with van der Waals surface area (Å²) in [5.41, 5.74) is 1.16. The lowest BCUT2D eigenvalue weighted by Gasteiger charge is -2.11. The van der Waals surface area contributed by atoms with Crippen LogP contribution in [0.3, 0.4) is 0 Å². The molecule has 0 aliphatic heterocycles. The van der Waals surface area contributed by atoms with Crippen molar-refractivity contribution in [3.05, 3.63) is 21.4 Å². The second-order valence-corrected chi connectivity index (χ2v) is 6.23. The lowest BCUT2D eigenvalue weighted by Crippen LogP contribution is -2.32. The zero-order valence-corrected chi connectivity index (χ0v) is 12.0. The molecule has 0 spiro atoms. The first-order valence-electron chi connectivity index (χ1n) is 6.64. The van der Waals surface area contributed by atoms with Gasteiger partial charge in [0.15, 0.2) is 0 Å². The van der Waals surface area contributed by atoms with Gasteiger partial charge in [0.2, 0.25) is 0 Å². The molecule has 19 heavy (non-hydrogen) atoms. The van der Waals surface area contributed by atoms with Crippen LogP contribution >= 0.6 is 11.3 Å². The Bertz CT molecular complexity index is 495. The van der Waals surface area contributed by atoms with Gasteiger partial charge in [-0.3, -0.25) is 9.59 Å². The molecule has 5 heteroatoms. The number of hydrogen-bond acceptors (Lipinski definition) is 3. The molecule has 1 aromatic rings. The number of carboxylic acid groups (broad SMARTS) is 1. The highest BCUT2D eigenvalue weighted by Crippen LogP contribution is 2.27. The van der Waals surface area contributed by atoms with Gasteiger partial charge in [-0.05, 0) is 44.2 Å². The van der Waals surface area contributed by atoms with Crippen molar-refractivity contribution in [3.8, 4) is 0 Å². The van der Waals surface area contributed by atoms with Crippen molar-refractivity contribution in [1.82, 2.24) is 5.32 Å². The number of thiophene rings is 1. The Morgan fingerprint density at radius 1 is 1.47 bits per heavy atom. The number of hydrogen-bond donors (Lipinski definition) is 2. The molecule has 4 nitrogen and oxygen atoms in total. The number of carbonyl (C=O) groups is 2. The minimum Gasteiger partial charge on any atom is -0.481 e. The summed E-state index contributed by atoms with van der Waals surface area (Å²) in [5, 5.41) is 11.9. The van der Waals surface area contributed by atoms with Crippen LogP contribution in [0.15, 0.2) is 6.07 Å². The molecular weight excluding hydrogens is 262 g/mol. The Morgan fingerprint density at radius 3 is 2.74 bits per heavy atom. The summed E-state index contributed by atoms with van der Waals surface area (Å²) in [5.74, 6) is -1.12. The molecule has 1 heterocycles. The lowest BCUT2D eigenvalue weighted by molar-refractivity contribution is -0.141. The van der Waals surface area contributed by atoms with Crippen LogP contribution in [0.5, 0.6) is 0 Å². The van der Waals surface area contributed by atoms with Gasteiger partial charge in [0, 0.05) is 10.9 Å². The van der Waals surface area contributed by atoms with Gasteiger partial charge >= 0.3 is 5.97 Å². The molecular formula is C14H19NO3S. The van der Waals surface area contributed by atoms with Crippen LogP contribution in [0.1, 0.15) is 46.3 Å². The van der Waals surface area contributed by atoms with E-state index in [2.05, 4.69) is 12.2 Å². The molecule has 1 aliphatic carbocycles. The lowest BCUT2D eigenvalue weighted by atomic mass is 10.1. The second kappa shape index (κ2) is 5.74. The van der Waals surface area contributed by atoms with Crippen LogP contribution in [-0.4, -0.2) is 23.0 Å². The Balaban J connectivity index is 1.96. The zero-order valence-electron chi connectivity index (χ0n) is 11.2. The number of aliphatic carboxylic acids is 1. The van der Waals surface area contributed by atoms with Crippen molar-refractivity contribution in [2.24, 2.45) is 5.92 Å². The standard InChI is InChI=1S/C14H19NO3S/c1-3-11-8(2)6-12(19-11)13(16)15-10-5-4-9(7-10)14(17)18/h6,9-10H,3-5,7H2,1-2H3,(H,15,16)(H,17,18). The van der Waals surface area contributed by atoms with Crippen LogP contribution < -0.4 is 5.32 Å². The highest BCUT2D eigenvalue weighted by molar-refractivity contribution is 7.14. The summed E-state index contributed by atoms with van der Waals surface area (Å²) in [6, 6.07) is 1.92. The van der Waals surface area contributed by atoms with Gasteiger partial charge in [-0.25, -0.2) is 0 Å². The van der Waals surface area contributed by atoms with Crippen LogP contribution in [0, 0.1) is 12.8 Å². The number of nitrogens with one attached hydrogen (secondary N) is 1. The monoisotopic (exact) mass is 281 g/mol. The molecule has 1 saturated carbocycles. The highest BCUT2D eigenvalue weighted by atomic mass is 32.1. The maximum absolute atomic E-state index is 12.1. The normalized spacial score (nSPS) is 22.4. The smallest absolute Gasteiger partial charge is 0.306 e. The van der Waals surface area contributed by atoms with E-state index in [1.165, 1.54) is 16.2 Å². The fourth-order valence-corrected chi connectivity index (χ4v) is 3.59. The van der Waals surface area contributed by atoms with Crippen molar-refractivity contribution in [2.75, 3.05) is 0 Å². The van der Waals surface area contributed by atoms with Gasteiger partial charge in [0.05, 0.1) is 10.8 Å². The third-order valence-electron chi connectivity index (χ3n) is 3.68. The molecule has 2 unspecified atom stereocenters. The molecule has 0 bridgehead atoms. The SMILES string of the molecule is CCc1sc(C(=O)NC2CCC(C(=O)O)C2)cc1C. The maximum Gasteiger partial charge on any atom is 0.306 e. The predicted molar refractivity (Wildman–Crippen MR) is 74.7 cm³/mol. The van der Waals surface area contributed by atoms with E-state index in [9.17, 15) is 9.59 Å². The first-order valence-corrected chi connectivity index (χ1v) is 7.45. The predicted octanol–water partition coefficient (Wildman–Crippen LogP) is 2.60. The highest BCUT2D eigenvalue weighted by Gasteiger charge is 2.30. The van der Waals surface area contributed by atoms with E-state index >= 15 is 0 Å². The van der Waals surface area contributed by atoms with Crippen LogP contribution in [0.4, 0.5) is 0 Å². The van der Waals surface area contributed by atoms with Crippen molar-refractivity contribution in [3.63, 3.8) is 0 Å². The summed E-state index contributed by atoms with van der Waals surface area (Å²) in [4.78, 5) is 25.0. The van der Waals surface area contributed by atoms with E-state index in [4.69, 9.17) is 5.11 Å². The van der Waals surface area contributed by atoms with E-state index < -0.39 is 5.97 Å². The van der Waals surface area contributed by atoms with Gasteiger partial charge in [0.25, 0.3) is 5.91 Å². The van der Waals surface area contributed by atoms with E-state index in [0.717, 1.165) is 23.3 Å². The first kappa shape index (κ1) is 14.1. The molecule has 104 valence electrons. The number of aryl methyl sites for hydroxylation is 2. The van der Waals surface area contributed by atoms with Crippen LogP contribution in [0.2, 0.25) is 0 Å². The third-order valence-corrected chi connectivity index (χ3v) is 5.06. The van der Waals surface area contributed by atoms with Gasteiger partial charge in [0.1, 0.15) is 0 Å². The minimum absolute atomic E-state index is 0.00100. The average Bonchev–Trinajstić information content (AvgIpc) is 2.95. The largest absolute Gasteiger partial charge is 0.481 e. The van der Waals surface area contributed by atoms with E-state index in [0.29, 0.717) is 12.8 Å². The summed E-state index contributed by atoms with van der Waals surface area (Å²) >= 11 is 1.53. The van der Waals surface area contributed by atoms with Gasteiger partial charge < -0.3 is 10.4 Å². The van der Waals surface area contributed by atoms with Crippen molar-refractivity contribution >= 4 is 23.2 Å². The Hall–Kier alpha value is -1.36. The van der Waals surface area contributed by atoms with Crippen LogP contribution in [0.25, 0.3) is 0 Å². The number of rotatable bonds is 4. The molecule has 1 aromatic heterocycles. The van der Waals surface area contributed by atoms with Crippen molar-refractivity contribution in [2.45, 2.75) is 45.6 Å². The van der Waals surface area contributed by atoms with Crippen LogP contribution in [-0.2, 0) is 11.2 Å². The Kier molecular flexibility index (Phi) is 4.24. The van der Waals surface area contributed by atoms with E-state index in [1.54, 1.807) is 0 Å². The fraction of sp³-hybridized carbons (Fsp3) is 0.571. The molecule has 0 radical (unpaired) electrons. The quantitative estimate of drug-likeness (QED) is 0.891. The van der Waals surface area contributed by atoms with Crippen molar-refractivity contribution in [1.29, 1.82) is 0 Å². The zero-order chi connectivity index (χ0) is 14.0. The summed E-state index contributed by atoms with van der Waals surface area (Å²) in [7, 11) is 0. The average molecular weight is 281 g/mol. The third kappa shape index (κ3) is 3.15. The Morgan fingerprint density at radius 2 is 2.21 bits per heavy atom. The van der Waals surface area contributed by atoms with Crippen molar-refractivity contribution < 1.29 is 14.7 Å². The maximum atomic E-state index is 12.1. The number of carbonyl (C=O) groups excluding carboxylic acids is 1. The topological polar surface area (TPSA) is 66.4 Å². The summed E-state index contributed by atoms with van der Waals surface area (Å²) in [6.07, 6.45) is 2.90. The molecule has 0 saturated heterocycles. The Labute approximate surface area is 116 Å². The molecule has 2 N–H and O–H groups in total. The van der Waals surface area contributed by atoms with Gasteiger partial charge in [-0.15, -0.1) is 11.3 Å². The molecule has 1 fully saturated rings.